The first-order valence-corrected chi connectivity index (χ1v) is 12.0. The zero-order valence-electron chi connectivity index (χ0n) is 20.1. The number of nitrogens with two attached hydrogens (primary N) is 1. The summed E-state index contributed by atoms with van der Waals surface area (Å²) in [4.78, 5) is 12.4. The SMILES string of the molecule is COc1ccc(NC(=O)CSc2nnc(N/N=C/c3cccc(Oc4ccccc4)c3)n2N)c(OC)c1. The van der Waals surface area contributed by atoms with Crippen LogP contribution < -0.4 is 30.8 Å². The Morgan fingerprint density at radius 2 is 1.81 bits per heavy atom. The average Bonchev–Trinajstić information content (AvgIpc) is 3.27. The summed E-state index contributed by atoms with van der Waals surface area (Å²) >= 11 is 1.13. The van der Waals surface area contributed by atoms with Crippen molar-refractivity contribution in [2.45, 2.75) is 5.16 Å². The molecule has 0 saturated heterocycles. The summed E-state index contributed by atoms with van der Waals surface area (Å²) in [5, 5.41) is 15.3. The van der Waals surface area contributed by atoms with Gasteiger partial charge in [0.2, 0.25) is 11.1 Å². The Hall–Kier alpha value is -4.71. The maximum absolute atomic E-state index is 12.4. The minimum Gasteiger partial charge on any atom is -0.497 e. The fourth-order valence-corrected chi connectivity index (χ4v) is 3.77. The number of aromatic nitrogens is 3. The van der Waals surface area contributed by atoms with Crippen molar-refractivity contribution in [3.05, 3.63) is 78.4 Å². The van der Waals surface area contributed by atoms with E-state index in [4.69, 9.17) is 20.1 Å². The second-order valence-electron chi connectivity index (χ2n) is 7.44. The van der Waals surface area contributed by atoms with Crippen LogP contribution in [0.25, 0.3) is 0 Å². The van der Waals surface area contributed by atoms with Gasteiger partial charge in [0.25, 0.3) is 5.95 Å². The van der Waals surface area contributed by atoms with Gasteiger partial charge in [0.1, 0.15) is 23.0 Å². The number of hydrogen-bond acceptors (Lipinski definition) is 10. The first kappa shape index (κ1) is 25.4. The number of benzene rings is 3. The van der Waals surface area contributed by atoms with Crippen molar-refractivity contribution in [3.8, 4) is 23.0 Å². The summed E-state index contributed by atoms with van der Waals surface area (Å²) in [6.45, 7) is 0. The number of nitrogens with one attached hydrogen (secondary N) is 2. The molecule has 0 radical (unpaired) electrons. The van der Waals surface area contributed by atoms with Gasteiger partial charge in [0.15, 0.2) is 0 Å². The molecule has 0 aliphatic rings. The normalized spacial score (nSPS) is 10.8. The number of nitrogens with zero attached hydrogens (tertiary/aromatic N) is 4. The number of para-hydroxylation sites is 1. The highest BCUT2D eigenvalue weighted by atomic mass is 32.2. The Kier molecular flexibility index (Phi) is 8.45. The molecule has 0 aliphatic carbocycles. The fourth-order valence-electron chi connectivity index (χ4n) is 3.12. The topological polar surface area (TPSA) is 138 Å². The molecule has 1 amide bonds. The number of hydrazone groups is 1. The molecule has 4 rings (SSSR count). The number of carbonyl (C=O) groups is 1. The standard InChI is InChI=1S/C25H25N7O4S/c1-34-19-11-12-21(22(14-19)35-2)28-23(33)16-37-25-31-30-24(32(25)26)29-27-15-17-7-6-10-20(13-17)36-18-8-4-3-5-9-18/h3-15H,16,26H2,1-2H3,(H,28,33)(H,29,30)/b27-15+. The van der Waals surface area contributed by atoms with Crippen LogP contribution in [0.15, 0.2) is 83.1 Å². The van der Waals surface area contributed by atoms with Crippen LogP contribution in [-0.2, 0) is 4.79 Å². The summed E-state index contributed by atoms with van der Waals surface area (Å²) in [6, 6.07) is 22.1. The molecule has 0 unspecified atom stereocenters. The third-order valence-corrected chi connectivity index (χ3v) is 5.84. The van der Waals surface area contributed by atoms with E-state index in [-0.39, 0.29) is 17.6 Å². The molecule has 4 N–H and O–H groups in total. The molecule has 37 heavy (non-hydrogen) atoms. The third-order valence-electron chi connectivity index (χ3n) is 4.89. The van der Waals surface area contributed by atoms with Crippen LogP contribution in [0, 0.1) is 0 Å². The lowest BCUT2D eigenvalue weighted by Crippen LogP contribution is -2.17. The molecule has 0 fully saturated rings. The molecular formula is C25H25N7O4S. The number of methoxy groups -OCH3 is 2. The van der Waals surface area contributed by atoms with Gasteiger partial charge in [-0.05, 0) is 42.0 Å². The van der Waals surface area contributed by atoms with Crippen LogP contribution in [0.5, 0.6) is 23.0 Å². The van der Waals surface area contributed by atoms with Gasteiger partial charge in [-0.15, -0.1) is 10.2 Å². The van der Waals surface area contributed by atoms with Gasteiger partial charge in [0, 0.05) is 6.07 Å². The predicted octanol–water partition coefficient (Wildman–Crippen LogP) is 3.98. The minimum absolute atomic E-state index is 0.0575. The molecule has 4 aromatic rings. The molecule has 0 spiro atoms. The Balaban J connectivity index is 1.30. The summed E-state index contributed by atoms with van der Waals surface area (Å²) in [7, 11) is 3.07. The van der Waals surface area contributed by atoms with E-state index in [9.17, 15) is 4.79 Å². The van der Waals surface area contributed by atoms with E-state index < -0.39 is 0 Å². The van der Waals surface area contributed by atoms with Crippen molar-refractivity contribution in [3.63, 3.8) is 0 Å². The van der Waals surface area contributed by atoms with Gasteiger partial charge in [-0.25, -0.2) is 10.1 Å². The number of thioether (sulfide) groups is 1. The lowest BCUT2D eigenvalue weighted by Gasteiger charge is -2.11. The quantitative estimate of drug-likeness (QED) is 0.116. The van der Waals surface area contributed by atoms with Crippen molar-refractivity contribution in [2.75, 3.05) is 36.6 Å². The Morgan fingerprint density at radius 1 is 1.00 bits per heavy atom. The monoisotopic (exact) mass is 519 g/mol. The van der Waals surface area contributed by atoms with E-state index in [0.717, 1.165) is 23.1 Å². The Morgan fingerprint density at radius 3 is 2.59 bits per heavy atom. The lowest BCUT2D eigenvalue weighted by atomic mass is 10.2. The van der Waals surface area contributed by atoms with Crippen LogP contribution in [0.2, 0.25) is 0 Å². The van der Waals surface area contributed by atoms with Crippen LogP contribution >= 0.6 is 11.8 Å². The minimum atomic E-state index is -0.262. The maximum atomic E-state index is 12.4. The van der Waals surface area contributed by atoms with Gasteiger partial charge in [-0.3, -0.25) is 4.79 Å². The highest BCUT2D eigenvalue weighted by Gasteiger charge is 2.14. The number of hydrogen-bond donors (Lipinski definition) is 3. The second-order valence-corrected chi connectivity index (χ2v) is 8.38. The van der Waals surface area contributed by atoms with E-state index in [2.05, 4.69) is 26.0 Å². The zero-order chi connectivity index (χ0) is 26.0. The number of nitrogen functional groups attached to an aromatic ring is 1. The lowest BCUT2D eigenvalue weighted by molar-refractivity contribution is -0.113. The molecule has 0 bridgehead atoms. The van der Waals surface area contributed by atoms with Crippen molar-refractivity contribution < 1.29 is 19.0 Å². The largest absolute Gasteiger partial charge is 0.497 e. The van der Waals surface area contributed by atoms with E-state index in [1.165, 1.54) is 11.8 Å². The van der Waals surface area contributed by atoms with Crippen LogP contribution in [-0.4, -0.2) is 47.0 Å². The Bertz CT molecular complexity index is 1380. The molecule has 1 aromatic heterocycles. The molecule has 0 atom stereocenters. The number of amides is 1. The fraction of sp³-hybridized carbons (Fsp3) is 0.120. The van der Waals surface area contributed by atoms with Gasteiger partial charge in [-0.1, -0.05) is 42.1 Å². The van der Waals surface area contributed by atoms with Crippen LogP contribution in [0.4, 0.5) is 11.6 Å². The van der Waals surface area contributed by atoms with E-state index in [0.29, 0.717) is 28.1 Å². The van der Waals surface area contributed by atoms with Gasteiger partial charge < -0.3 is 25.4 Å². The molecule has 11 nitrogen and oxygen atoms in total. The van der Waals surface area contributed by atoms with Gasteiger partial charge >= 0.3 is 0 Å². The molecule has 1 heterocycles. The van der Waals surface area contributed by atoms with E-state index in [1.54, 1.807) is 31.5 Å². The highest BCUT2D eigenvalue weighted by Crippen LogP contribution is 2.29. The first-order valence-electron chi connectivity index (χ1n) is 11.0. The molecule has 0 aliphatic heterocycles. The third kappa shape index (κ3) is 6.92. The van der Waals surface area contributed by atoms with Crippen molar-refractivity contribution in [1.82, 2.24) is 14.9 Å². The number of carbonyl (C=O) groups excluding carboxylic acids is 1. The summed E-state index contributed by atoms with van der Waals surface area (Å²) in [5.74, 6) is 8.60. The number of anilines is 2. The predicted molar refractivity (Wildman–Crippen MR) is 143 cm³/mol. The molecule has 12 heteroatoms. The van der Waals surface area contributed by atoms with Crippen molar-refractivity contribution in [1.29, 1.82) is 0 Å². The summed E-state index contributed by atoms with van der Waals surface area (Å²) in [5.41, 5.74) is 4.09. The summed E-state index contributed by atoms with van der Waals surface area (Å²) in [6.07, 6.45) is 1.61. The van der Waals surface area contributed by atoms with Crippen molar-refractivity contribution >= 4 is 35.5 Å². The Labute approximate surface area is 217 Å². The highest BCUT2D eigenvalue weighted by molar-refractivity contribution is 7.99. The second kappa shape index (κ2) is 12.3. The van der Waals surface area contributed by atoms with Gasteiger partial charge in [0.05, 0.1) is 31.9 Å². The van der Waals surface area contributed by atoms with Gasteiger partial charge in [-0.2, -0.15) is 5.10 Å². The van der Waals surface area contributed by atoms with Crippen LogP contribution in [0.1, 0.15) is 5.56 Å². The molecule has 3 aromatic carbocycles. The summed E-state index contributed by atoms with van der Waals surface area (Å²) < 4.78 is 17.5. The number of ether oxygens (including phenoxy) is 3. The number of rotatable bonds is 11. The van der Waals surface area contributed by atoms with E-state index >= 15 is 0 Å². The smallest absolute Gasteiger partial charge is 0.264 e. The molecule has 0 saturated carbocycles. The molecule has 190 valence electrons. The van der Waals surface area contributed by atoms with Crippen LogP contribution in [0.3, 0.4) is 0 Å². The zero-order valence-corrected chi connectivity index (χ0v) is 20.9. The van der Waals surface area contributed by atoms with E-state index in [1.807, 2.05) is 54.6 Å². The molecular weight excluding hydrogens is 494 g/mol. The van der Waals surface area contributed by atoms with Crippen molar-refractivity contribution in [2.24, 2.45) is 5.10 Å². The first-order chi connectivity index (χ1) is 18.1. The maximum Gasteiger partial charge on any atom is 0.264 e. The average molecular weight is 520 g/mol.